The molecule has 1 aromatic rings. The van der Waals surface area contributed by atoms with E-state index in [1.807, 2.05) is 32.0 Å². The molecule has 2 aliphatic rings. The zero-order chi connectivity index (χ0) is 19.9. The Morgan fingerprint density at radius 3 is 2.68 bits per heavy atom. The smallest absolute Gasteiger partial charge is 0.412 e. The first-order valence-corrected chi connectivity index (χ1v) is 9.64. The van der Waals surface area contributed by atoms with E-state index in [-0.39, 0.29) is 31.5 Å². The van der Waals surface area contributed by atoms with Crippen molar-refractivity contribution in [1.82, 2.24) is 4.90 Å². The van der Waals surface area contributed by atoms with Crippen LogP contribution >= 0.6 is 0 Å². The lowest BCUT2D eigenvalue weighted by Crippen LogP contribution is -2.40. The van der Waals surface area contributed by atoms with E-state index in [2.05, 4.69) is 0 Å². The molecule has 1 aromatic carbocycles. The highest BCUT2D eigenvalue weighted by Gasteiger charge is 2.25. The number of fused-ring (bicyclic) bond motifs is 1. The number of carbonyl (C=O) groups is 2. The maximum absolute atomic E-state index is 12.4. The van der Waals surface area contributed by atoms with Crippen LogP contribution in [0.15, 0.2) is 18.2 Å². The van der Waals surface area contributed by atoms with Gasteiger partial charge < -0.3 is 28.6 Å². The van der Waals surface area contributed by atoms with Crippen molar-refractivity contribution in [3.63, 3.8) is 0 Å². The van der Waals surface area contributed by atoms with E-state index in [4.69, 9.17) is 23.7 Å². The second-order valence-electron chi connectivity index (χ2n) is 6.90. The summed E-state index contributed by atoms with van der Waals surface area (Å²) in [5.41, 5.74) is 1.04. The summed E-state index contributed by atoms with van der Waals surface area (Å²) in [4.78, 5) is 26.0. The van der Waals surface area contributed by atoms with Gasteiger partial charge in [-0.2, -0.15) is 0 Å². The number of nitrogens with zero attached hydrogens (tertiary/aromatic N) is 1. The van der Waals surface area contributed by atoms with Gasteiger partial charge in [-0.05, 0) is 50.8 Å². The fraction of sp³-hybridized carbons (Fsp3) is 0.600. The van der Waals surface area contributed by atoms with Crippen molar-refractivity contribution < 1.29 is 33.3 Å². The molecule has 1 fully saturated rings. The Kier molecular flexibility index (Phi) is 6.97. The summed E-state index contributed by atoms with van der Waals surface area (Å²) in [5, 5.41) is 0. The molecule has 3 rings (SSSR count). The van der Waals surface area contributed by atoms with E-state index in [1.165, 1.54) is 0 Å². The third-order valence-corrected chi connectivity index (χ3v) is 5.01. The predicted molar refractivity (Wildman–Crippen MR) is 99.1 cm³/mol. The van der Waals surface area contributed by atoms with Gasteiger partial charge in [0.25, 0.3) is 0 Å². The molecule has 8 nitrogen and oxygen atoms in total. The monoisotopic (exact) mass is 393 g/mol. The van der Waals surface area contributed by atoms with Gasteiger partial charge in [-0.15, -0.1) is 0 Å². The first kappa shape index (κ1) is 20.3. The number of esters is 1. The van der Waals surface area contributed by atoms with E-state index in [0.29, 0.717) is 39.0 Å². The Balaban J connectivity index is 1.46. The van der Waals surface area contributed by atoms with E-state index in [1.54, 1.807) is 4.90 Å². The zero-order valence-corrected chi connectivity index (χ0v) is 16.3. The molecule has 28 heavy (non-hydrogen) atoms. The van der Waals surface area contributed by atoms with E-state index >= 15 is 0 Å². The van der Waals surface area contributed by atoms with Gasteiger partial charge in [0.05, 0.1) is 5.92 Å². The second kappa shape index (κ2) is 9.64. The van der Waals surface area contributed by atoms with Crippen molar-refractivity contribution >= 4 is 12.1 Å². The lowest BCUT2D eigenvalue weighted by atomic mass is 10.0. The summed E-state index contributed by atoms with van der Waals surface area (Å²) in [6, 6.07) is 5.66. The summed E-state index contributed by atoms with van der Waals surface area (Å²) in [5.74, 6) is 0.928. The van der Waals surface area contributed by atoms with Crippen LogP contribution in [0.2, 0.25) is 0 Å². The molecule has 1 saturated heterocycles. The molecule has 2 heterocycles. The molecule has 0 bridgehead atoms. The van der Waals surface area contributed by atoms with Crippen LogP contribution in [0, 0.1) is 5.92 Å². The maximum atomic E-state index is 12.4. The van der Waals surface area contributed by atoms with Crippen molar-refractivity contribution in [3.8, 4) is 11.5 Å². The van der Waals surface area contributed by atoms with Crippen LogP contribution in [0.5, 0.6) is 11.5 Å². The highest BCUT2D eigenvalue weighted by atomic mass is 16.7. The van der Waals surface area contributed by atoms with Crippen molar-refractivity contribution in [2.75, 3.05) is 33.3 Å². The number of hydrogen-bond donors (Lipinski definition) is 0. The lowest BCUT2D eigenvalue weighted by Gasteiger charge is -2.27. The molecule has 0 saturated carbocycles. The van der Waals surface area contributed by atoms with Crippen LogP contribution in [0.4, 0.5) is 4.79 Å². The SMILES string of the molecule is CCN(C(=O)OCOC(=O)C1CCOCC1)[C@@H](C)Cc1ccc2c(c1)OCO2. The summed E-state index contributed by atoms with van der Waals surface area (Å²) in [6.07, 6.45) is 1.41. The number of amides is 1. The molecular weight excluding hydrogens is 366 g/mol. The lowest BCUT2D eigenvalue weighted by molar-refractivity contribution is -0.160. The Morgan fingerprint density at radius 2 is 1.93 bits per heavy atom. The molecule has 0 radical (unpaired) electrons. The number of ether oxygens (including phenoxy) is 5. The molecule has 0 unspecified atom stereocenters. The van der Waals surface area contributed by atoms with Gasteiger partial charge in [-0.1, -0.05) is 6.07 Å². The molecule has 8 heteroatoms. The number of rotatable bonds is 7. The summed E-state index contributed by atoms with van der Waals surface area (Å²) >= 11 is 0. The quantitative estimate of drug-likeness (QED) is 0.520. The van der Waals surface area contributed by atoms with Gasteiger partial charge in [0.1, 0.15) is 0 Å². The molecule has 0 aliphatic carbocycles. The fourth-order valence-corrected chi connectivity index (χ4v) is 3.41. The van der Waals surface area contributed by atoms with Crippen molar-refractivity contribution in [2.24, 2.45) is 5.92 Å². The zero-order valence-electron chi connectivity index (χ0n) is 16.3. The average Bonchev–Trinajstić information content (AvgIpc) is 3.17. The number of hydrogen-bond acceptors (Lipinski definition) is 7. The molecule has 2 aliphatic heterocycles. The first-order valence-electron chi connectivity index (χ1n) is 9.64. The highest BCUT2D eigenvalue weighted by molar-refractivity contribution is 5.73. The summed E-state index contributed by atoms with van der Waals surface area (Å²) in [7, 11) is 0. The fourth-order valence-electron chi connectivity index (χ4n) is 3.41. The molecule has 0 N–H and O–H groups in total. The van der Waals surface area contributed by atoms with Gasteiger partial charge in [-0.25, -0.2) is 4.79 Å². The maximum Gasteiger partial charge on any atom is 0.412 e. The standard InChI is InChI=1S/C20H27NO7/c1-3-21(14(2)10-15-4-5-17-18(11-15)26-12-25-17)20(23)28-13-27-19(22)16-6-8-24-9-7-16/h4-5,11,14,16H,3,6-10,12-13H2,1-2H3/t14-/m0/s1. The minimum Gasteiger partial charge on any atom is -0.454 e. The van der Waals surface area contributed by atoms with Crippen LogP contribution in [0.1, 0.15) is 32.3 Å². The van der Waals surface area contributed by atoms with Crippen molar-refractivity contribution in [1.29, 1.82) is 0 Å². The third kappa shape index (κ3) is 5.07. The van der Waals surface area contributed by atoms with Gasteiger partial charge in [0.15, 0.2) is 11.5 Å². The molecule has 0 spiro atoms. The van der Waals surface area contributed by atoms with Crippen LogP contribution in [-0.4, -0.2) is 56.3 Å². The van der Waals surface area contributed by atoms with Gasteiger partial charge in [0.2, 0.25) is 13.6 Å². The van der Waals surface area contributed by atoms with E-state index < -0.39 is 6.09 Å². The Labute approximate surface area is 164 Å². The molecular formula is C20H27NO7. The number of benzene rings is 1. The van der Waals surface area contributed by atoms with Crippen LogP contribution in [0.25, 0.3) is 0 Å². The van der Waals surface area contributed by atoms with E-state index in [9.17, 15) is 9.59 Å². The second-order valence-corrected chi connectivity index (χ2v) is 6.90. The van der Waals surface area contributed by atoms with Crippen molar-refractivity contribution in [3.05, 3.63) is 23.8 Å². The molecule has 1 amide bonds. The number of likely N-dealkylation sites (N-methyl/N-ethyl adjacent to an activating group) is 1. The topological polar surface area (TPSA) is 83.5 Å². The summed E-state index contributed by atoms with van der Waals surface area (Å²) in [6.45, 7) is 5.28. The van der Waals surface area contributed by atoms with E-state index in [0.717, 1.165) is 17.1 Å². The Hall–Kier alpha value is -2.48. The van der Waals surface area contributed by atoms with Gasteiger partial charge in [-0.3, -0.25) is 4.79 Å². The largest absolute Gasteiger partial charge is 0.454 e. The van der Waals surface area contributed by atoms with Crippen molar-refractivity contribution in [2.45, 2.75) is 39.2 Å². The third-order valence-electron chi connectivity index (χ3n) is 5.01. The van der Waals surface area contributed by atoms with Gasteiger partial charge >= 0.3 is 12.1 Å². The van der Waals surface area contributed by atoms with Crippen LogP contribution in [0.3, 0.4) is 0 Å². The molecule has 1 atom stereocenters. The Bertz CT molecular complexity index is 687. The molecule has 0 aromatic heterocycles. The normalized spacial score (nSPS) is 17.1. The van der Waals surface area contributed by atoms with Crippen LogP contribution in [-0.2, 0) is 25.4 Å². The molecule has 154 valence electrons. The predicted octanol–water partition coefficient (Wildman–Crippen LogP) is 2.73. The first-order chi connectivity index (χ1) is 13.6. The number of carbonyl (C=O) groups excluding carboxylic acids is 2. The average molecular weight is 393 g/mol. The summed E-state index contributed by atoms with van der Waals surface area (Å²) < 4.78 is 26.2. The van der Waals surface area contributed by atoms with Gasteiger partial charge in [0, 0.05) is 25.8 Å². The highest BCUT2D eigenvalue weighted by Crippen LogP contribution is 2.33. The minimum absolute atomic E-state index is 0.0935. The Morgan fingerprint density at radius 1 is 1.18 bits per heavy atom. The van der Waals surface area contributed by atoms with Crippen LogP contribution < -0.4 is 9.47 Å². The minimum atomic E-state index is -0.504.